The molecule has 2 aromatic rings. The highest BCUT2D eigenvalue weighted by Crippen LogP contribution is 2.65. The molecule has 0 spiro atoms. The maximum Gasteiger partial charge on any atom is 0.316 e. The average Bonchev–Trinajstić information content (AvgIpc) is 2.75. The zero-order chi connectivity index (χ0) is 13.0. The van der Waals surface area contributed by atoms with Gasteiger partial charge in [-0.15, -0.1) is 0 Å². The third-order valence-electron chi connectivity index (χ3n) is 4.18. The van der Waals surface area contributed by atoms with Crippen LogP contribution in [0.25, 0.3) is 11.0 Å². The van der Waals surface area contributed by atoms with Gasteiger partial charge in [-0.05, 0) is 29.5 Å². The number of H-pyrrole nitrogens is 1. The molecule has 4 nitrogen and oxygen atoms in total. The largest absolute Gasteiger partial charge is 0.468 e. The smallest absolute Gasteiger partial charge is 0.316 e. The van der Waals surface area contributed by atoms with Gasteiger partial charge >= 0.3 is 5.97 Å². The van der Waals surface area contributed by atoms with E-state index in [1.807, 2.05) is 18.2 Å². The fourth-order valence-electron chi connectivity index (χ4n) is 2.95. The van der Waals surface area contributed by atoms with E-state index in [9.17, 15) is 4.79 Å². The highest BCUT2D eigenvalue weighted by molar-refractivity contribution is 5.90. The van der Waals surface area contributed by atoms with Crippen LogP contribution in [-0.4, -0.2) is 23.0 Å². The summed E-state index contributed by atoms with van der Waals surface area (Å²) >= 11 is 0. The number of nitrogens with zero attached hydrogens (tertiary/aromatic N) is 1. The van der Waals surface area contributed by atoms with E-state index >= 15 is 0 Å². The molecule has 1 N–H and O–H groups in total. The molecule has 1 unspecified atom stereocenters. The van der Waals surface area contributed by atoms with Crippen LogP contribution >= 0.6 is 0 Å². The summed E-state index contributed by atoms with van der Waals surface area (Å²) in [6, 6.07) is 5.93. The van der Waals surface area contributed by atoms with Crippen molar-refractivity contribution in [2.45, 2.75) is 25.7 Å². The van der Waals surface area contributed by atoms with Gasteiger partial charge in [0, 0.05) is 0 Å². The fraction of sp³-hybridized carbons (Fsp3) is 0.429. The zero-order valence-corrected chi connectivity index (χ0v) is 10.8. The number of hydrogen-bond acceptors (Lipinski definition) is 3. The van der Waals surface area contributed by atoms with E-state index in [1.165, 1.54) is 7.11 Å². The number of aromatic amines is 1. The lowest BCUT2D eigenvalue weighted by Gasteiger charge is -2.18. The first kappa shape index (κ1) is 11.3. The van der Waals surface area contributed by atoms with Crippen LogP contribution in [0, 0.1) is 5.41 Å². The SMILES string of the molecule is COC(=O)C1(c2ccc3nc[nH]c3c2)CC1(C)C. The fourth-order valence-corrected chi connectivity index (χ4v) is 2.95. The molecule has 1 saturated carbocycles. The van der Waals surface area contributed by atoms with E-state index in [1.54, 1.807) is 6.33 Å². The number of esters is 1. The summed E-state index contributed by atoms with van der Waals surface area (Å²) in [6.45, 7) is 4.20. The first-order chi connectivity index (χ1) is 8.51. The van der Waals surface area contributed by atoms with E-state index in [0.29, 0.717) is 0 Å². The summed E-state index contributed by atoms with van der Waals surface area (Å²) in [6.07, 6.45) is 2.49. The number of carbonyl (C=O) groups is 1. The highest BCUT2D eigenvalue weighted by atomic mass is 16.5. The van der Waals surface area contributed by atoms with Crippen molar-refractivity contribution in [1.29, 1.82) is 0 Å². The molecule has 0 bridgehead atoms. The molecule has 1 fully saturated rings. The minimum atomic E-state index is -0.499. The number of imidazole rings is 1. The summed E-state index contributed by atoms with van der Waals surface area (Å²) in [5, 5.41) is 0. The Bertz CT molecular complexity index is 630. The molecule has 94 valence electrons. The standard InChI is InChI=1S/C14H16N2O2/c1-13(2)7-14(13,12(17)18-3)9-4-5-10-11(6-9)16-8-15-10/h4-6,8H,7H2,1-3H3,(H,15,16). The van der Waals surface area contributed by atoms with Gasteiger partial charge in [-0.25, -0.2) is 4.98 Å². The molecule has 4 heteroatoms. The van der Waals surface area contributed by atoms with E-state index in [-0.39, 0.29) is 11.4 Å². The minimum Gasteiger partial charge on any atom is -0.468 e. The van der Waals surface area contributed by atoms with Crippen LogP contribution in [0.4, 0.5) is 0 Å². The van der Waals surface area contributed by atoms with Crippen molar-refractivity contribution in [3.63, 3.8) is 0 Å². The Morgan fingerprint density at radius 3 is 2.78 bits per heavy atom. The quantitative estimate of drug-likeness (QED) is 0.825. The van der Waals surface area contributed by atoms with E-state index in [0.717, 1.165) is 23.0 Å². The molecule has 1 heterocycles. The van der Waals surface area contributed by atoms with Crippen molar-refractivity contribution in [2.24, 2.45) is 5.41 Å². The molecule has 1 aromatic carbocycles. The number of nitrogens with one attached hydrogen (secondary N) is 1. The van der Waals surface area contributed by atoms with Gasteiger partial charge in [0.25, 0.3) is 0 Å². The average molecular weight is 244 g/mol. The molecule has 18 heavy (non-hydrogen) atoms. The minimum absolute atomic E-state index is 0.0478. The molecule has 0 aliphatic heterocycles. The van der Waals surface area contributed by atoms with Gasteiger partial charge in [0.05, 0.1) is 29.9 Å². The molecule has 3 rings (SSSR count). The van der Waals surface area contributed by atoms with Gasteiger partial charge in [0.2, 0.25) is 0 Å². The van der Waals surface area contributed by atoms with Crippen LogP contribution in [0.15, 0.2) is 24.5 Å². The summed E-state index contributed by atoms with van der Waals surface area (Å²) < 4.78 is 5.00. The zero-order valence-electron chi connectivity index (χ0n) is 10.8. The Morgan fingerprint density at radius 1 is 1.44 bits per heavy atom. The normalized spacial score (nSPS) is 25.1. The molecule has 1 aliphatic rings. The maximum atomic E-state index is 12.1. The lowest BCUT2D eigenvalue weighted by Crippen LogP contribution is -2.27. The van der Waals surface area contributed by atoms with Gasteiger partial charge in [-0.2, -0.15) is 0 Å². The predicted molar refractivity (Wildman–Crippen MR) is 68.2 cm³/mol. The Balaban J connectivity index is 2.14. The first-order valence-electron chi connectivity index (χ1n) is 6.03. The van der Waals surface area contributed by atoms with E-state index < -0.39 is 5.41 Å². The summed E-state index contributed by atoms with van der Waals surface area (Å²) in [5.74, 6) is -0.147. The Hall–Kier alpha value is -1.84. The third kappa shape index (κ3) is 1.26. The van der Waals surface area contributed by atoms with Crippen molar-refractivity contribution in [3.05, 3.63) is 30.1 Å². The van der Waals surface area contributed by atoms with Crippen molar-refractivity contribution >= 4 is 17.0 Å². The number of rotatable bonds is 2. The Labute approximate surface area is 105 Å². The second-order valence-electron chi connectivity index (χ2n) is 5.59. The van der Waals surface area contributed by atoms with Crippen LogP contribution in [-0.2, 0) is 14.9 Å². The topological polar surface area (TPSA) is 55.0 Å². The highest BCUT2D eigenvalue weighted by Gasteiger charge is 2.68. The van der Waals surface area contributed by atoms with Crippen molar-refractivity contribution in [2.75, 3.05) is 7.11 Å². The number of ether oxygens (including phenoxy) is 1. The predicted octanol–water partition coefficient (Wildman–Crippen LogP) is 2.40. The van der Waals surface area contributed by atoms with E-state index in [4.69, 9.17) is 4.74 Å². The first-order valence-corrected chi connectivity index (χ1v) is 6.03. The molecule has 0 radical (unpaired) electrons. The molecule has 0 saturated heterocycles. The summed E-state index contributed by atoms with van der Waals surface area (Å²) in [4.78, 5) is 19.4. The number of carbonyl (C=O) groups excluding carboxylic acids is 1. The van der Waals surface area contributed by atoms with Gasteiger partial charge < -0.3 is 9.72 Å². The summed E-state index contributed by atoms with van der Waals surface area (Å²) in [5.41, 5.74) is 2.33. The lowest BCUT2D eigenvalue weighted by atomic mass is 9.87. The van der Waals surface area contributed by atoms with Crippen molar-refractivity contribution < 1.29 is 9.53 Å². The van der Waals surface area contributed by atoms with Crippen LogP contribution in [0.3, 0.4) is 0 Å². The van der Waals surface area contributed by atoms with Gasteiger partial charge in [-0.1, -0.05) is 19.9 Å². The molecular formula is C14H16N2O2. The van der Waals surface area contributed by atoms with Gasteiger partial charge in [0.1, 0.15) is 0 Å². The summed E-state index contributed by atoms with van der Waals surface area (Å²) in [7, 11) is 1.45. The van der Waals surface area contributed by atoms with Crippen LogP contribution in [0.5, 0.6) is 0 Å². The molecule has 1 atom stereocenters. The number of methoxy groups -OCH3 is 1. The second kappa shape index (κ2) is 3.34. The monoisotopic (exact) mass is 244 g/mol. The molecule has 1 aliphatic carbocycles. The number of benzene rings is 1. The molecular weight excluding hydrogens is 228 g/mol. The number of fused-ring (bicyclic) bond motifs is 1. The Morgan fingerprint density at radius 2 is 2.17 bits per heavy atom. The Kier molecular flexibility index (Phi) is 2.09. The van der Waals surface area contributed by atoms with Crippen molar-refractivity contribution in [3.8, 4) is 0 Å². The van der Waals surface area contributed by atoms with Crippen molar-refractivity contribution in [1.82, 2.24) is 9.97 Å². The lowest BCUT2D eigenvalue weighted by molar-refractivity contribution is -0.144. The van der Waals surface area contributed by atoms with Gasteiger partial charge in [-0.3, -0.25) is 4.79 Å². The van der Waals surface area contributed by atoms with Crippen LogP contribution < -0.4 is 0 Å². The van der Waals surface area contributed by atoms with E-state index in [2.05, 4.69) is 23.8 Å². The maximum absolute atomic E-state index is 12.1. The third-order valence-corrected chi connectivity index (χ3v) is 4.18. The number of hydrogen-bond donors (Lipinski definition) is 1. The van der Waals surface area contributed by atoms with Crippen LogP contribution in [0.1, 0.15) is 25.8 Å². The molecule has 0 amide bonds. The number of aromatic nitrogens is 2. The van der Waals surface area contributed by atoms with Gasteiger partial charge in [0.15, 0.2) is 0 Å². The molecule has 1 aromatic heterocycles. The second-order valence-corrected chi connectivity index (χ2v) is 5.59. The van der Waals surface area contributed by atoms with Crippen LogP contribution in [0.2, 0.25) is 0 Å².